The molecule has 2 N–H and O–H groups in total. The van der Waals surface area contributed by atoms with Crippen LogP contribution in [0.5, 0.6) is 5.75 Å². The molecule has 1 aromatic carbocycles. The Morgan fingerprint density at radius 3 is 2.76 bits per heavy atom. The number of hydrogen-bond acceptors (Lipinski definition) is 3. The van der Waals surface area contributed by atoms with Crippen molar-refractivity contribution in [3.8, 4) is 5.75 Å². The topological polar surface area (TPSA) is 50.4 Å². The van der Waals surface area contributed by atoms with Gasteiger partial charge in [0.05, 0.1) is 12.6 Å². The van der Waals surface area contributed by atoms with Gasteiger partial charge in [-0.3, -0.25) is 4.79 Å². The van der Waals surface area contributed by atoms with E-state index in [-0.39, 0.29) is 30.0 Å². The monoisotopic (exact) mass is 310 g/mol. The Morgan fingerprint density at radius 2 is 2.05 bits per heavy atom. The van der Waals surface area contributed by atoms with Crippen LogP contribution < -0.4 is 15.4 Å². The Kier molecular flexibility index (Phi) is 5.12. The van der Waals surface area contributed by atoms with Crippen LogP contribution >= 0.6 is 12.4 Å². The highest BCUT2D eigenvalue weighted by molar-refractivity contribution is 5.85. The van der Waals surface area contributed by atoms with Gasteiger partial charge in [0.25, 0.3) is 0 Å². The van der Waals surface area contributed by atoms with Crippen molar-refractivity contribution in [2.24, 2.45) is 0 Å². The Bertz CT molecular complexity index is 501. The van der Waals surface area contributed by atoms with Crippen molar-refractivity contribution in [1.29, 1.82) is 0 Å². The minimum absolute atomic E-state index is 0. The van der Waals surface area contributed by atoms with Gasteiger partial charge < -0.3 is 15.4 Å². The maximum Gasteiger partial charge on any atom is 0.234 e. The number of ether oxygens (including phenoxy) is 1. The molecule has 4 nitrogen and oxygen atoms in total. The molecule has 0 saturated heterocycles. The third-order valence-corrected chi connectivity index (χ3v) is 4.38. The van der Waals surface area contributed by atoms with Gasteiger partial charge in [-0.25, -0.2) is 0 Å². The number of fused-ring (bicyclic) bond motifs is 1. The van der Waals surface area contributed by atoms with Crippen LogP contribution in [-0.4, -0.2) is 25.1 Å². The quantitative estimate of drug-likeness (QED) is 0.902. The summed E-state index contributed by atoms with van der Waals surface area (Å²) < 4.78 is 6.29. The van der Waals surface area contributed by atoms with Gasteiger partial charge in [-0.1, -0.05) is 18.2 Å². The molecule has 1 aliphatic heterocycles. The Hall–Kier alpha value is -1.26. The smallest absolute Gasteiger partial charge is 0.234 e. The first-order valence-electron chi connectivity index (χ1n) is 7.44. The van der Waals surface area contributed by atoms with Gasteiger partial charge in [0.1, 0.15) is 11.4 Å². The first kappa shape index (κ1) is 16.1. The zero-order valence-electron chi connectivity index (χ0n) is 12.4. The summed E-state index contributed by atoms with van der Waals surface area (Å²) in [6.07, 6.45) is 5.53. The number of carbonyl (C=O) groups excluding carboxylic acids is 1. The van der Waals surface area contributed by atoms with Gasteiger partial charge in [-0.05, 0) is 38.8 Å². The zero-order valence-corrected chi connectivity index (χ0v) is 13.2. The Labute approximate surface area is 132 Å². The first-order valence-corrected chi connectivity index (χ1v) is 7.44. The molecule has 1 atom stereocenters. The molecule has 1 aliphatic carbocycles. The highest BCUT2D eigenvalue weighted by Gasteiger charge is 2.43. The maximum absolute atomic E-state index is 11.9. The molecule has 2 aliphatic rings. The second kappa shape index (κ2) is 6.67. The van der Waals surface area contributed by atoms with Crippen LogP contribution in [0.1, 0.15) is 43.7 Å². The lowest BCUT2D eigenvalue weighted by molar-refractivity contribution is -0.121. The van der Waals surface area contributed by atoms with Crippen LogP contribution in [0.15, 0.2) is 24.3 Å². The lowest BCUT2D eigenvalue weighted by Gasteiger charge is -2.40. The van der Waals surface area contributed by atoms with Crippen molar-refractivity contribution in [3.63, 3.8) is 0 Å². The molecule has 3 rings (SSSR count). The third kappa shape index (κ3) is 3.33. The molecule has 0 bridgehead atoms. The predicted octanol–water partition coefficient (Wildman–Crippen LogP) is 2.58. The lowest BCUT2D eigenvalue weighted by atomic mass is 9.86. The second-order valence-corrected chi connectivity index (χ2v) is 5.88. The van der Waals surface area contributed by atoms with E-state index in [0.717, 1.165) is 30.6 Å². The van der Waals surface area contributed by atoms with Gasteiger partial charge in [-0.2, -0.15) is 0 Å². The van der Waals surface area contributed by atoms with Crippen molar-refractivity contribution in [3.05, 3.63) is 29.8 Å². The average molecular weight is 311 g/mol. The van der Waals surface area contributed by atoms with Crippen LogP contribution in [0.25, 0.3) is 0 Å². The molecular formula is C16H23ClN2O2. The molecule has 1 heterocycles. The van der Waals surface area contributed by atoms with Crippen molar-refractivity contribution >= 4 is 18.3 Å². The number of hydrogen-bond donors (Lipinski definition) is 2. The summed E-state index contributed by atoms with van der Waals surface area (Å²) in [5.41, 5.74) is 1.04. The largest absolute Gasteiger partial charge is 0.487 e. The van der Waals surface area contributed by atoms with Crippen LogP contribution in [0.3, 0.4) is 0 Å². The van der Waals surface area contributed by atoms with Crippen LogP contribution in [0, 0.1) is 0 Å². The van der Waals surface area contributed by atoms with E-state index in [1.165, 1.54) is 12.8 Å². The Morgan fingerprint density at radius 1 is 1.33 bits per heavy atom. The second-order valence-electron chi connectivity index (χ2n) is 5.88. The van der Waals surface area contributed by atoms with Crippen LogP contribution in [-0.2, 0) is 4.79 Å². The molecule has 1 aromatic rings. The van der Waals surface area contributed by atoms with Gasteiger partial charge in [0.2, 0.25) is 5.91 Å². The van der Waals surface area contributed by atoms with E-state index in [9.17, 15) is 4.79 Å². The number of amides is 1. The number of nitrogens with one attached hydrogen (secondary N) is 2. The SMILES string of the molecule is CNCC(=O)NC1CC2(CCCC2)Oc2ccccc21.Cl. The number of halogens is 1. The highest BCUT2D eigenvalue weighted by Crippen LogP contribution is 2.46. The molecule has 116 valence electrons. The molecule has 5 heteroatoms. The third-order valence-electron chi connectivity index (χ3n) is 4.38. The van der Waals surface area contributed by atoms with Gasteiger partial charge >= 0.3 is 0 Å². The van der Waals surface area contributed by atoms with Crippen molar-refractivity contribution in [2.45, 2.75) is 43.7 Å². The molecule has 1 amide bonds. The Balaban J connectivity index is 0.00000161. The number of rotatable bonds is 3. The number of benzene rings is 1. The number of para-hydroxylation sites is 1. The van der Waals surface area contributed by atoms with Crippen LogP contribution in [0.2, 0.25) is 0 Å². The van der Waals surface area contributed by atoms with Crippen molar-refractivity contribution < 1.29 is 9.53 Å². The van der Waals surface area contributed by atoms with Gasteiger partial charge in [-0.15, -0.1) is 12.4 Å². The summed E-state index contributed by atoms with van der Waals surface area (Å²) >= 11 is 0. The molecule has 1 saturated carbocycles. The van der Waals surface area contributed by atoms with E-state index in [4.69, 9.17) is 4.74 Å². The van der Waals surface area contributed by atoms with Crippen molar-refractivity contribution in [2.75, 3.05) is 13.6 Å². The van der Waals surface area contributed by atoms with E-state index in [2.05, 4.69) is 16.7 Å². The van der Waals surface area contributed by atoms with E-state index in [1.807, 2.05) is 18.2 Å². The van der Waals surface area contributed by atoms with E-state index >= 15 is 0 Å². The normalized spacial score (nSPS) is 22.0. The summed E-state index contributed by atoms with van der Waals surface area (Å²) in [7, 11) is 1.79. The maximum atomic E-state index is 11.9. The number of carbonyl (C=O) groups is 1. The summed E-state index contributed by atoms with van der Waals surface area (Å²) in [4.78, 5) is 11.9. The highest BCUT2D eigenvalue weighted by atomic mass is 35.5. The summed E-state index contributed by atoms with van der Waals surface area (Å²) in [6.45, 7) is 0.354. The molecule has 1 unspecified atom stereocenters. The predicted molar refractivity (Wildman–Crippen MR) is 84.9 cm³/mol. The van der Waals surface area contributed by atoms with Crippen molar-refractivity contribution in [1.82, 2.24) is 10.6 Å². The van der Waals surface area contributed by atoms with Gasteiger partial charge in [0.15, 0.2) is 0 Å². The average Bonchev–Trinajstić information content (AvgIpc) is 2.87. The fourth-order valence-corrected chi connectivity index (χ4v) is 3.48. The summed E-state index contributed by atoms with van der Waals surface area (Å²) in [5.74, 6) is 0.984. The van der Waals surface area contributed by atoms with E-state index in [0.29, 0.717) is 6.54 Å². The molecule has 21 heavy (non-hydrogen) atoms. The minimum atomic E-state index is -0.0635. The summed E-state index contributed by atoms with van der Waals surface area (Å²) in [5, 5.41) is 6.04. The molecular weight excluding hydrogens is 288 g/mol. The van der Waals surface area contributed by atoms with Gasteiger partial charge in [0, 0.05) is 12.0 Å². The fourth-order valence-electron chi connectivity index (χ4n) is 3.48. The molecule has 1 spiro atoms. The van der Waals surface area contributed by atoms with E-state index in [1.54, 1.807) is 7.05 Å². The standard InChI is InChI=1S/C16H22N2O2.ClH/c1-17-11-15(19)18-13-10-16(8-4-5-9-16)20-14-7-3-2-6-12(13)14;/h2-3,6-7,13,17H,4-5,8-11H2,1H3,(H,18,19);1H. The van der Waals surface area contributed by atoms with E-state index < -0.39 is 0 Å². The summed E-state index contributed by atoms with van der Waals surface area (Å²) in [6, 6.07) is 8.15. The lowest BCUT2D eigenvalue weighted by Crippen LogP contribution is -2.44. The minimum Gasteiger partial charge on any atom is -0.487 e. The molecule has 1 fully saturated rings. The number of likely N-dealkylation sites (N-methyl/N-ethyl adjacent to an activating group) is 1. The molecule has 0 aromatic heterocycles. The fraction of sp³-hybridized carbons (Fsp3) is 0.562. The zero-order chi connectivity index (χ0) is 14.0. The molecule has 0 radical (unpaired) electrons. The van der Waals surface area contributed by atoms with Crippen LogP contribution in [0.4, 0.5) is 0 Å². The first-order chi connectivity index (χ1) is 9.72.